The van der Waals surface area contributed by atoms with Crippen molar-refractivity contribution in [2.75, 3.05) is 25.0 Å². The molecule has 1 N–H and O–H groups in total. The first-order valence-corrected chi connectivity index (χ1v) is 14.4. The van der Waals surface area contributed by atoms with Crippen molar-refractivity contribution < 1.29 is 23.3 Å². The van der Waals surface area contributed by atoms with Crippen LogP contribution in [0.25, 0.3) is 0 Å². The number of anilines is 1. The zero-order valence-electron chi connectivity index (χ0n) is 25.9. The molecule has 4 rings (SSSR count). The number of piperidine rings is 1. The van der Waals surface area contributed by atoms with Gasteiger partial charge in [-0.15, -0.1) is 0 Å². The summed E-state index contributed by atoms with van der Waals surface area (Å²) in [5.41, 5.74) is -0.643. The van der Waals surface area contributed by atoms with Crippen LogP contribution in [0.5, 0.6) is 0 Å². The van der Waals surface area contributed by atoms with E-state index in [1.54, 1.807) is 17.4 Å². The van der Waals surface area contributed by atoms with Crippen molar-refractivity contribution in [2.24, 2.45) is 5.92 Å². The van der Waals surface area contributed by atoms with Crippen LogP contribution in [-0.2, 0) is 16.7 Å². The lowest BCUT2D eigenvalue weighted by Gasteiger charge is -2.42. The minimum Gasteiger partial charge on any atom is -0.467 e. The summed E-state index contributed by atoms with van der Waals surface area (Å²) >= 11 is 0. The number of carbonyl (C=O) groups excluding carboxylic acids is 2. The van der Waals surface area contributed by atoms with Gasteiger partial charge in [0.1, 0.15) is 28.6 Å². The SMILES string of the molecule is CC(C)CN(C(=O)c1cnc(C(C)(C)C)nc1NCc1ccco1)[C@H]1C[C@@H](c2ncon2)CN(C(=O)OC(C)(C)C)C1. The van der Waals surface area contributed by atoms with E-state index in [0.29, 0.717) is 61.4 Å². The van der Waals surface area contributed by atoms with E-state index in [9.17, 15) is 9.59 Å². The highest BCUT2D eigenvalue weighted by molar-refractivity contribution is 5.98. The number of nitrogens with zero attached hydrogens (tertiary/aromatic N) is 6. The number of carbonyl (C=O) groups is 2. The van der Waals surface area contributed by atoms with Gasteiger partial charge in [0, 0.05) is 37.2 Å². The van der Waals surface area contributed by atoms with Gasteiger partial charge in [-0.05, 0) is 45.2 Å². The van der Waals surface area contributed by atoms with Gasteiger partial charge >= 0.3 is 6.09 Å². The number of ether oxygens (including phenoxy) is 1. The highest BCUT2D eigenvalue weighted by atomic mass is 16.6. The third kappa shape index (κ3) is 7.86. The van der Waals surface area contributed by atoms with Crippen molar-refractivity contribution in [3.63, 3.8) is 0 Å². The molecule has 0 unspecified atom stereocenters. The van der Waals surface area contributed by atoms with Gasteiger partial charge < -0.3 is 28.8 Å². The van der Waals surface area contributed by atoms with Crippen LogP contribution in [0.2, 0.25) is 0 Å². The molecule has 228 valence electrons. The van der Waals surface area contributed by atoms with Crippen LogP contribution in [0.15, 0.2) is 39.9 Å². The summed E-state index contributed by atoms with van der Waals surface area (Å²) in [5, 5.41) is 7.35. The Morgan fingerprint density at radius 1 is 1.17 bits per heavy atom. The quantitative estimate of drug-likeness (QED) is 0.375. The van der Waals surface area contributed by atoms with E-state index in [2.05, 4.69) is 34.3 Å². The highest BCUT2D eigenvalue weighted by Crippen LogP contribution is 2.31. The molecule has 1 saturated heterocycles. The van der Waals surface area contributed by atoms with Crippen LogP contribution < -0.4 is 5.32 Å². The summed E-state index contributed by atoms with van der Waals surface area (Å²) in [6.45, 7) is 17.1. The summed E-state index contributed by atoms with van der Waals surface area (Å²) in [6.07, 6.45) is 4.58. The third-order valence-corrected chi connectivity index (χ3v) is 6.79. The number of hydrogen-bond donors (Lipinski definition) is 1. The van der Waals surface area contributed by atoms with E-state index in [-0.39, 0.29) is 29.2 Å². The molecule has 0 spiro atoms. The van der Waals surface area contributed by atoms with E-state index in [4.69, 9.17) is 18.7 Å². The van der Waals surface area contributed by atoms with E-state index in [1.165, 1.54) is 6.39 Å². The van der Waals surface area contributed by atoms with E-state index in [1.807, 2.05) is 58.6 Å². The molecule has 12 nitrogen and oxygen atoms in total. The van der Waals surface area contributed by atoms with Crippen molar-refractivity contribution in [3.8, 4) is 0 Å². The summed E-state index contributed by atoms with van der Waals surface area (Å²) in [7, 11) is 0. The number of rotatable bonds is 8. The van der Waals surface area contributed by atoms with Gasteiger partial charge in [0.25, 0.3) is 5.91 Å². The van der Waals surface area contributed by atoms with E-state index < -0.39 is 11.7 Å². The lowest BCUT2D eigenvalue weighted by Crippen LogP contribution is -2.55. The van der Waals surface area contributed by atoms with Crippen LogP contribution in [0, 0.1) is 5.92 Å². The number of amides is 2. The number of hydrogen-bond acceptors (Lipinski definition) is 10. The number of nitrogens with one attached hydrogen (secondary N) is 1. The number of furan rings is 1. The van der Waals surface area contributed by atoms with Crippen LogP contribution in [-0.4, -0.2) is 73.2 Å². The third-order valence-electron chi connectivity index (χ3n) is 6.79. The van der Waals surface area contributed by atoms with Gasteiger partial charge in [0.15, 0.2) is 5.82 Å². The van der Waals surface area contributed by atoms with Gasteiger partial charge in [-0.1, -0.05) is 39.8 Å². The minimum atomic E-state index is -0.667. The van der Waals surface area contributed by atoms with Crippen LogP contribution in [0.4, 0.5) is 10.6 Å². The molecule has 4 heterocycles. The molecule has 0 radical (unpaired) electrons. The largest absolute Gasteiger partial charge is 0.467 e. The monoisotopic (exact) mass is 581 g/mol. The molecule has 3 aromatic rings. The molecule has 2 amide bonds. The Bertz CT molecular complexity index is 1330. The molecular weight excluding hydrogens is 538 g/mol. The molecule has 42 heavy (non-hydrogen) atoms. The summed E-state index contributed by atoms with van der Waals surface area (Å²) in [6, 6.07) is 3.33. The van der Waals surface area contributed by atoms with Gasteiger partial charge in [-0.2, -0.15) is 4.98 Å². The Balaban J connectivity index is 1.69. The fraction of sp³-hybridized carbons (Fsp3) is 0.600. The Morgan fingerprint density at radius 2 is 1.93 bits per heavy atom. The zero-order valence-corrected chi connectivity index (χ0v) is 25.9. The predicted octanol–water partition coefficient (Wildman–Crippen LogP) is 5.25. The second-order valence-electron chi connectivity index (χ2n) is 13.3. The van der Waals surface area contributed by atoms with Crippen molar-refractivity contribution >= 4 is 17.8 Å². The molecule has 12 heteroatoms. The van der Waals surface area contributed by atoms with Gasteiger partial charge in [0.05, 0.1) is 18.8 Å². The predicted molar refractivity (Wildman–Crippen MR) is 156 cm³/mol. The molecule has 2 atom stereocenters. The highest BCUT2D eigenvalue weighted by Gasteiger charge is 2.40. The summed E-state index contributed by atoms with van der Waals surface area (Å²) in [4.78, 5) is 44.7. The van der Waals surface area contributed by atoms with Crippen LogP contribution >= 0.6 is 0 Å². The second kappa shape index (κ2) is 12.5. The maximum Gasteiger partial charge on any atom is 0.410 e. The summed E-state index contributed by atoms with van der Waals surface area (Å²) < 4.78 is 16.2. The Kier molecular flexibility index (Phi) is 9.22. The molecule has 1 fully saturated rings. The van der Waals surface area contributed by atoms with E-state index >= 15 is 0 Å². The van der Waals surface area contributed by atoms with Gasteiger partial charge in [-0.3, -0.25) is 4.79 Å². The van der Waals surface area contributed by atoms with Gasteiger partial charge in [0.2, 0.25) is 6.39 Å². The molecule has 0 bridgehead atoms. The Labute approximate surface area is 247 Å². The first-order chi connectivity index (χ1) is 19.7. The van der Waals surface area contributed by atoms with Crippen LogP contribution in [0.1, 0.15) is 95.5 Å². The smallest absolute Gasteiger partial charge is 0.410 e. The lowest BCUT2D eigenvalue weighted by molar-refractivity contribution is 0.00594. The maximum atomic E-state index is 14.4. The minimum absolute atomic E-state index is 0.156. The molecule has 0 saturated carbocycles. The number of likely N-dealkylation sites (tertiary alicyclic amines) is 1. The molecule has 1 aliphatic heterocycles. The van der Waals surface area contributed by atoms with Crippen molar-refractivity contribution in [1.82, 2.24) is 29.9 Å². The van der Waals surface area contributed by atoms with E-state index in [0.717, 1.165) is 0 Å². The molecule has 3 aromatic heterocycles. The summed E-state index contributed by atoms with van der Waals surface area (Å²) in [5.74, 6) is 1.93. The molecular formula is C30H43N7O5. The van der Waals surface area contributed by atoms with Crippen molar-refractivity contribution in [1.29, 1.82) is 0 Å². The average molecular weight is 582 g/mol. The van der Waals surface area contributed by atoms with Gasteiger partial charge in [-0.25, -0.2) is 14.8 Å². The van der Waals surface area contributed by atoms with Crippen molar-refractivity contribution in [2.45, 2.75) is 91.3 Å². The molecule has 0 aliphatic carbocycles. The maximum absolute atomic E-state index is 14.4. The Morgan fingerprint density at radius 3 is 2.52 bits per heavy atom. The number of aromatic nitrogens is 4. The first kappa shape index (κ1) is 31.0. The zero-order chi connectivity index (χ0) is 30.7. The Hall–Kier alpha value is -3.96. The first-order valence-electron chi connectivity index (χ1n) is 14.4. The topological polar surface area (TPSA) is 140 Å². The van der Waals surface area contributed by atoms with Crippen LogP contribution in [0.3, 0.4) is 0 Å². The lowest BCUT2D eigenvalue weighted by atomic mass is 9.91. The van der Waals surface area contributed by atoms with Crippen molar-refractivity contribution in [3.05, 3.63) is 54.0 Å². The fourth-order valence-electron chi connectivity index (χ4n) is 4.88. The average Bonchev–Trinajstić information content (AvgIpc) is 3.63. The fourth-order valence-corrected chi connectivity index (χ4v) is 4.88. The standard InChI is InChI=1S/C30H43N7O5/c1-19(2)15-37(21-12-20(24-33-18-41-35-24)16-36(17-21)28(39)42-30(6,7)8)26(38)23-14-32-27(29(3,4)5)34-25(23)31-13-22-10-9-11-40-22/h9-11,14,18-21H,12-13,15-17H2,1-8H3,(H,31,32,34)/t20-,21+/m1/s1. The normalized spacial score (nSPS) is 17.8. The molecule has 0 aromatic carbocycles. The molecule has 1 aliphatic rings. The second-order valence-corrected chi connectivity index (χ2v) is 13.3.